The van der Waals surface area contributed by atoms with Gasteiger partial charge in [-0.2, -0.15) is 13.2 Å². The van der Waals surface area contributed by atoms with Gasteiger partial charge in [0.05, 0.1) is 153 Å². The highest BCUT2D eigenvalue weighted by Crippen LogP contribution is 2.52. The number of nitrogens with one attached hydrogen (secondary N) is 4. The molecule has 702 valence electrons. The van der Waals surface area contributed by atoms with Gasteiger partial charge in [0.15, 0.2) is 11.6 Å². The van der Waals surface area contributed by atoms with Gasteiger partial charge in [-0.05, 0) is 238 Å². The molecule has 6 N–H and O–H groups in total. The average molecular weight is 1850 g/mol. The molecule has 0 unspecified atom stereocenters. The Morgan fingerprint density at radius 3 is 1.19 bits per heavy atom. The number of hydrogen-bond acceptors (Lipinski definition) is 20. The van der Waals surface area contributed by atoms with Gasteiger partial charge < -0.3 is 41.2 Å². The number of fused-ring (bicyclic) bond motifs is 1. The number of thiazole rings is 1. The van der Waals surface area contributed by atoms with Crippen LogP contribution in [0.3, 0.4) is 0 Å². The molecule has 9 fully saturated rings. The largest absolute Gasteiger partial charge is 0.416 e. The number of morpholine rings is 1. The lowest BCUT2D eigenvalue weighted by molar-refractivity contribution is -0.137. The van der Waals surface area contributed by atoms with Gasteiger partial charge in [0.2, 0.25) is 0 Å². The molecule has 0 radical (unpaired) electrons. The smallest absolute Gasteiger partial charge is 0.378 e. The van der Waals surface area contributed by atoms with E-state index in [1.165, 1.54) is 27.2 Å². The Bertz CT molecular complexity index is 6020. The number of carbonyl (C=O) groups excluding carboxylic acids is 5. The molecule has 28 nitrogen and oxygen atoms in total. The summed E-state index contributed by atoms with van der Waals surface area (Å²) in [6.45, 7) is 8.32. The van der Waals surface area contributed by atoms with E-state index in [1.54, 1.807) is 63.1 Å². The third-order valence-corrected chi connectivity index (χ3v) is 31.0. The van der Waals surface area contributed by atoms with Crippen LogP contribution in [0.25, 0.3) is 33.0 Å². The Morgan fingerprint density at radius 1 is 0.448 bits per heavy atom. The van der Waals surface area contributed by atoms with Crippen molar-refractivity contribution in [3.63, 3.8) is 0 Å². The van der Waals surface area contributed by atoms with Crippen molar-refractivity contribution in [2.75, 3.05) is 133 Å². The molecule has 0 atom stereocenters. The van der Waals surface area contributed by atoms with Crippen LogP contribution in [0.1, 0.15) is 152 Å². The second-order valence-electron chi connectivity index (χ2n) is 38.3. The number of nitrogens with two attached hydrogens (primary N) is 1. The minimum atomic E-state index is -4.63. The summed E-state index contributed by atoms with van der Waals surface area (Å²) in [7, 11) is 17.0. The monoisotopic (exact) mass is 1840 g/mol. The Morgan fingerprint density at radius 2 is 0.828 bits per heavy atom. The van der Waals surface area contributed by atoms with Crippen LogP contribution in [0.4, 0.5) is 65.3 Å². The number of rotatable bonds is 16. The van der Waals surface area contributed by atoms with Crippen molar-refractivity contribution < 1.29 is 50.8 Å². The van der Waals surface area contributed by atoms with E-state index in [0.717, 1.165) is 135 Å². The van der Waals surface area contributed by atoms with E-state index in [1.807, 2.05) is 69.9 Å². The Hall–Kier alpha value is -12.4. The number of nitrogens with zero attached hydrogens (tertiary/aromatic N) is 16. The minimum absolute atomic E-state index is 0.00535. The Balaban J connectivity index is 0.000000125. The van der Waals surface area contributed by atoms with E-state index in [2.05, 4.69) is 226 Å². The van der Waals surface area contributed by atoms with Crippen molar-refractivity contribution >= 4 is 80.2 Å². The van der Waals surface area contributed by atoms with Crippen LogP contribution < -0.4 is 51.5 Å². The minimum Gasteiger partial charge on any atom is -0.378 e. The van der Waals surface area contributed by atoms with Crippen molar-refractivity contribution in [1.82, 2.24) is 75.9 Å². The molecule has 5 saturated heterocycles. The molecule has 4 spiro atoms. The van der Waals surface area contributed by atoms with Crippen LogP contribution in [-0.2, 0) is 33.1 Å². The molecule has 6 aromatic carbocycles. The van der Waals surface area contributed by atoms with Gasteiger partial charge in [-0.1, -0.05) is 126 Å². The van der Waals surface area contributed by atoms with E-state index >= 15 is 0 Å². The summed E-state index contributed by atoms with van der Waals surface area (Å²) in [4.78, 5) is 109. The van der Waals surface area contributed by atoms with Crippen molar-refractivity contribution in [3.8, 4) is 22.8 Å². The number of alkyl halides is 3. The zero-order chi connectivity index (χ0) is 94.3. The van der Waals surface area contributed by atoms with E-state index in [0.29, 0.717) is 105 Å². The molecule has 4 saturated carbocycles. The number of urea groups is 4. The topological polar surface area (TPSA) is 301 Å². The SMILES string of the molecule is CN(C)C1(c2ccccc2)CCC2(CC1)CN(c1ccc(C(F)(F)F)cc1F)C(=O)N2.CN(C)C1(c2ccccc2)CCC2(CC1)CN(c1cnc(-c3ccc4ncsc4c3)nc1)C(=O)N2.CN(C)C1(c2ccccc2)CCC2(CC1)CN(c1cnc(N3CCOCC3)cc1C(N)=O)C(=O)N2.Cc1noc(C)c1-c1ncc(N2CC3(CCC(c4ccccc4)(N(C)C)CC3)NC2=O)cn1. The van der Waals surface area contributed by atoms with Crippen LogP contribution in [0.5, 0.6) is 0 Å². The number of pyridine rings is 1. The predicted octanol–water partition coefficient (Wildman–Crippen LogP) is 16.6. The maximum atomic E-state index is 14.5. The van der Waals surface area contributed by atoms with Crippen LogP contribution in [0.15, 0.2) is 205 Å². The number of primary amides is 1. The molecule has 134 heavy (non-hydrogen) atoms. The number of aryl methyl sites for hydroxylation is 2. The Labute approximate surface area is 782 Å². The molecule has 0 bridgehead atoms. The predicted molar refractivity (Wildman–Crippen MR) is 510 cm³/mol. The highest BCUT2D eigenvalue weighted by Gasteiger charge is 2.56. The lowest BCUT2D eigenvalue weighted by atomic mass is 9.69. The van der Waals surface area contributed by atoms with Gasteiger partial charge in [-0.3, -0.25) is 44.0 Å². The number of ether oxygens (including phenoxy) is 1. The molecule has 9 amide bonds. The fourth-order valence-corrected chi connectivity index (χ4v) is 22.7. The van der Waals surface area contributed by atoms with Crippen molar-refractivity contribution in [3.05, 3.63) is 251 Å². The number of anilines is 5. The van der Waals surface area contributed by atoms with Gasteiger partial charge >= 0.3 is 30.3 Å². The molecule has 10 heterocycles. The van der Waals surface area contributed by atoms with Crippen LogP contribution >= 0.6 is 11.3 Å². The fourth-order valence-electron chi connectivity index (χ4n) is 22.0. The molecule has 20 rings (SSSR count). The molecule has 11 aromatic rings. The lowest BCUT2D eigenvalue weighted by Gasteiger charge is -2.48. The normalized spacial score (nSPS) is 25.7. The molecular weight excluding hydrogens is 1730 g/mol. The lowest BCUT2D eigenvalue weighted by Crippen LogP contribution is -2.54. The van der Waals surface area contributed by atoms with Crippen molar-refractivity contribution in [1.29, 1.82) is 0 Å². The summed E-state index contributed by atoms with van der Waals surface area (Å²) in [6, 6.07) is 51.5. The fraction of sp³-hybridized carbons (Fsp3) is 0.426. The van der Waals surface area contributed by atoms with Crippen molar-refractivity contribution in [2.24, 2.45) is 5.73 Å². The first-order chi connectivity index (χ1) is 64.2. The van der Waals surface area contributed by atoms with E-state index < -0.39 is 35.0 Å². The quantitative estimate of drug-likeness (QED) is 0.0561. The third kappa shape index (κ3) is 18.3. The summed E-state index contributed by atoms with van der Waals surface area (Å²) in [5.41, 5.74) is 15.7. The summed E-state index contributed by atoms with van der Waals surface area (Å²) < 4.78 is 64.8. The van der Waals surface area contributed by atoms with Gasteiger partial charge in [-0.25, -0.2) is 53.5 Å². The number of benzene rings is 6. The summed E-state index contributed by atoms with van der Waals surface area (Å²) in [6.07, 6.45) is 18.1. The highest BCUT2D eigenvalue weighted by molar-refractivity contribution is 7.16. The van der Waals surface area contributed by atoms with Crippen LogP contribution in [-0.4, -0.2) is 216 Å². The maximum absolute atomic E-state index is 14.5. The number of halogens is 4. The zero-order valence-corrected chi connectivity index (χ0v) is 78.4. The molecule has 33 heteroatoms. The summed E-state index contributed by atoms with van der Waals surface area (Å²) in [5, 5.41) is 16.8. The van der Waals surface area contributed by atoms with E-state index in [4.69, 9.17) is 15.0 Å². The van der Waals surface area contributed by atoms with Gasteiger partial charge in [-0.15, -0.1) is 11.3 Å². The standard InChI is InChI=1S/C27H28N6OS.C26H34N6O3.C25H30N6O2.C23H25F4N3O/c1-32(2)27(20-6-4-3-5-7-20)12-10-26(11-13-27)17-33(25(34)31-26)21-15-28-24(29-16-21)19-8-9-22-23(14-19)35-18-30-22;1-30(2)26(19-6-4-3-5-7-19)10-8-25(9-11-26)18-32(24(34)29-25)21-17-28-22(16-20(21)23(27)33)31-12-14-35-15-13-31;1-17-21(18(2)33-29-17)22-26-14-20(15-27-22)31-16-24(28-23(31)32)10-12-25(13-11-24,30(3)4)19-8-6-5-7-9-19;1-29(2)22(16-6-4-3-5-7-16)12-10-21(11-13-22)15-30(20(31)28-21)19-9-8-17(14-18(19)24)23(25,26)27/h3-9,14-16,18H,10-13,17H2,1-2H3,(H,31,34);3-7,16-17H,8-15,18H2,1-2H3,(H2,27,33)(H,29,34);5-9,14-15H,10-13,16H2,1-4H3,(H,28,32);3-9,14H,10-13,15H2,1-2H3,(H,28,31). The van der Waals surface area contributed by atoms with Gasteiger partial charge in [0.25, 0.3) is 5.91 Å². The summed E-state index contributed by atoms with van der Waals surface area (Å²) >= 11 is 1.60. The van der Waals surface area contributed by atoms with E-state index in [9.17, 15) is 41.5 Å². The molecule has 5 aliphatic heterocycles. The first-order valence-electron chi connectivity index (χ1n) is 45.9. The number of aromatic nitrogens is 7. The summed E-state index contributed by atoms with van der Waals surface area (Å²) in [5.74, 6) is 0.949. The van der Waals surface area contributed by atoms with Crippen LogP contribution in [0.2, 0.25) is 0 Å². The number of carbonyl (C=O) groups is 5. The molecular formula is C101H117F4N21O7S. The second kappa shape index (κ2) is 37.5. The molecule has 4 aliphatic carbocycles. The van der Waals surface area contributed by atoms with Crippen LogP contribution in [0, 0.1) is 19.7 Å². The van der Waals surface area contributed by atoms with Gasteiger partial charge in [0, 0.05) is 40.8 Å². The zero-order valence-electron chi connectivity index (χ0n) is 77.5. The first-order valence-corrected chi connectivity index (χ1v) is 46.8. The first kappa shape index (κ1) is 93.4. The number of amides is 9. The average Bonchev–Trinajstić information content (AvgIpc) is 1.21. The highest BCUT2D eigenvalue weighted by atomic mass is 32.1. The molecule has 9 aliphatic rings. The Kier molecular flexibility index (Phi) is 26.1. The van der Waals surface area contributed by atoms with Gasteiger partial charge in [0.1, 0.15) is 17.4 Å². The number of hydrogen-bond donors (Lipinski definition) is 5. The maximum Gasteiger partial charge on any atom is 0.416 e. The van der Waals surface area contributed by atoms with Crippen molar-refractivity contribution in [2.45, 2.75) is 167 Å². The van der Waals surface area contributed by atoms with E-state index in [-0.39, 0.29) is 69.1 Å². The molecule has 5 aromatic heterocycles. The second-order valence-corrected chi connectivity index (χ2v) is 39.2. The third-order valence-electron chi connectivity index (χ3n) is 30.2.